The van der Waals surface area contributed by atoms with Gasteiger partial charge in [-0.25, -0.2) is 4.98 Å². The maximum Gasteiger partial charge on any atom is 0.573 e. The number of hydrogen-bond donors (Lipinski definition) is 0. The number of nitrogens with zero attached hydrogens (tertiary/aromatic N) is 1. The lowest BCUT2D eigenvalue weighted by atomic mass is 9.97. The lowest BCUT2D eigenvalue weighted by Gasteiger charge is -2.15. The molecule has 1 heterocycles. The summed E-state index contributed by atoms with van der Waals surface area (Å²) >= 11 is 1.38. The standard InChI is InChI=1S/C13H10F3NO3S/c14-13(15,16)20-10-3-1-9(2-4-10)11(5-19-8-18)12-6-21-7-17-12/h1-4,6-8,11H,5H2. The molecular formula is C13H10F3NO3S. The Kier molecular flexibility index (Phi) is 4.79. The zero-order valence-electron chi connectivity index (χ0n) is 10.5. The van der Waals surface area contributed by atoms with Gasteiger partial charge in [0, 0.05) is 5.38 Å². The summed E-state index contributed by atoms with van der Waals surface area (Å²) in [6, 6.07) is 5.39. The van der Waals surface area contributed by atoms with Crippen LogP contribution in [-0.4, -0.2) is 24.4 Å². The molecule has 21 heavy (non-hydrogen) atoms. The molecule has 0 aliphatic rings. The number of halogens is 3. The van der Waals surface area contributed by atoms with Gasteiger partial charge in [-0.2, -0.15) is 0 Å². The molecule has 1 aromatic carbocycles. The van der Waals surface area contributed by atoms with Crippen molar-refractivity contribution in [1.29, 1.82) is 0 Å². The maximum absolute atomic E-state index is 12.1. The molecule has 0 aliphatic carbocycles. The van der Waals surface area contributed by atoms with Crippen LogP contribution in [0, 0.1) is 0 Å². The molecule has 2 aromatic rings. The number of thiazole rings is 1. The summed E-state index contributed by atoms with van der Waals surface area (Å²) in [5.74, 6) is -0.638. The minimum absolute atomic E-state index is 0.0622. The van der Waals surface area contributed by atoms with E-state index in [1.165, 1.54) is 35.6 Å². The van der Waals surface area contributed by atoms with Crippen LogP contribution in [0.1, 0.15) is 17.2 Å². The largest absolute Gasteiger partial charge is 0.573 e. The van der Waals surface area contributed by atoms with Gasteiger partial charge >= 0.3 is 6.36 Å². The Hall–Kier alpha value is -2.09. The topological polar surface area (TPSA) is 48.4 Å². The van der Waals surface area contributed by atoms with Gasteiger partial charge in [0.05, 0.1) is 17.1 Å². The van der Waals surface area contributed by atoms with Crippen molar-refractivity contribution in [1.82, 2.24) is 4.98 Å². The average Bonchev–Trinajstić information content (AvgIpc) is 2.93. The summed E-state index contributed by atoms with van der Waals surface area (Å²) < 4.78 is 44.9. The zero-order chi connectivity index (χ0) is 15.3. The highest BCUT2D eigenvalue weighted by Crippen LogP contribution is 2.28. The van der Waals surface area contributed by atoms with Crippen molar-refractivity contribution >= 4 is 17.8 Å². The summed E-state index contributed by atoms with van der Waals surface area (Å²) in [6.07, 6.45) is -4.73. The van der Waals surface area contributed by atoms with Gasteiger partial charge in [-0.15, -0.1) is 24.5 Å². The summed E-state index contributed by atoms with van der Waals surface area (Å²) in [4.78, 5) is 14.5. The van der Waals surface area contributed by atoms with E-state index in [2.05, 4.69) is 9.72 Å². The average molecular weight is 317 g/mol. The molecule has 4 nitrogen and oxygen atoms in total. The highest BCUT2D eigenvalue weighted by atomic mass is 32.1. The van der Waals surface area contributed by atoms with E-state index in [1.54, 1.807) is 10.9 Å². The number of alkyl halides is 3. The van der Waals surface area contributed by atoms with E-state index in [0.717, 1.165) is 0 Å². The van der Waals surface area contributed by atoms with Crippen LogP contribution < -0.4 is 4.74 Å². The Morgan fingerprint density at radius 3 is 2.52 bits per heavy atom. The van der Waals surface area contributed by atoms with Crippen LogP contribution in [0.15, 0.2) is 35.2 Å². The molecule has 0 bridgehead atoms. The number of hydrogen-bond acceptors (Lipinski definition) is 5. The Balaban J connectivity index is 2.18. The number of aromatic nitrogens is 1. The Morgan fingerprint density at radius 1 is 1.29 bits per heavy atom. The third-order valence-corrected chi connectivity index (χ3v) is 3.26. The van der Waals surface area contributed by atoms with Crippen LogP contribution in [0.2, 0.25) is 0 Å². The molecule has 0 saturated heterocycles. The van der Waals surface area contributed by atoms with Crippen LogP contribution in [0.3, 0.4) is 0 Å². The third-order valence-electron chi connectivity index (χ3n) is 2.66. The Bertz CT molecular complexity index is 569. The molecule has 0 aliphatic heterocycles. The molecule has 1 unspecified atom stereocenters. The first kappa shape index (κ1) is 15.3. The van der Waals surface area contributed by atoms with Crippen molar-refractivity contribution in [2.45, 2.75) is 12.3 Å². The van der Waals surface area contributed by atoms with Crippen molar-refractivity contribution in [2.24, 2.45) is 0 Å². The lowest BCUT2D eigenvalue weighted by molar-refractivity contribution is -0.274. The Labute approximate surface area is 122 Å². The fraction of sp³-hybridized carbons (Fsp3) is 0.231. The molecule has 8 heteroatoms. The van der Waals surface area contributed by atoms with Gasteiger partial charge in [-0.1, -0.05) is 12.1 Å². The Morgan fingerprint density at radius 2 is 2.00 bits per heavy atom. The minimum atomic E-state index is -4.73. The van der Waals surface area contributed by atoms with Crippen molar-refractivity contribution in [2.75, 3.05) is 6.61 Å². The summed E-state index contributed by atoms with van der Waals surface area (Å²) in [5.41, 5.74) is 2.99. The van der Waals surface area contributed by atoms with Crippen LogP contribution in [0.25, 0.3) is 0 Å². The van der Waals surface area contributed by atoms with Gasteiger partial charge in [0.25, 0.3) is 6.47 Å². The second-order valence-corrected chi connectivity index (χ2v) is 4.73. The molecule has 0 radical (unpaired) electrons. The van der Waals surface area contributed by atoms with Gasteiger partial charge in [0.2, 0.25) is 0 Å². The number of benzene rings is 1. The molecule has 1 atom stereocenters. The fourth-order valence-electron chi connectivity index (χ4n) is 1.78. The number of carbonyl (C=O) groups is 1. The van der Waals surface area contributed by atoms with Crippen LogP contribution in [-0.2, 0) is 9.53 Å². The van der Waals surface area contributed by atoms with Gasteiger partial charge in [-0.05, 0) is 17.7 Å². The van der Waals surface area contributed by atoms with Crippen LogP contribution >= 0.6 is 11.3 Å². The molecule has 0 spiro atoms. The van der Waals surface area contributed by atoms with E-state index < -0.39 is 6.36 Å². The van der Waals surface area contributed by atoms with Crippen LogP contribution in [0.4, 0.5) is 13.2 Å². The minimum Gasteiger partial charge on any atom is -0.467 e. The van der Waals surface area contributed by atoms with E-state index in [0.29, 0.717) is 17.7 Å². The second-order valence-electron chi connectivity index (χ2n) is 4.01. The van der Waals surface area contributed by atoms with E-state index in [4.69, 9.17) is 4.74 Å². The SMILES string of the molecule is O=COCC(c1ccc(OC(F)(F)F)cc1)c1cscn1. The van der Waals surface area contributed by atoms with Crippen LogP contribution in [0.5, 0.6) is 5.75 Å². The predicted molar refractivity (Wildman–Crippen MR) is 69.1 cm³/mol. The lowest BCUT2D eigenvalue weighted by Crippen LogP contribution is -2.17. The van der Waals surface area contributed by atoms with E-state index in [1.807, 2.05) is 0 Å². The van der Waals surface area contributed by atoms with Crippen molar-refractivity contribution in [3.8, 4) is 5.75 Å². The van der Waals surface area contributed by atoms with Gasteiger partial charge in [0.15, 0.2) is 0 Å². The molecule has 0 fully saturated rings. The maximum atomic E-state index is 12.1. The normalized spacial score (nSPS) is 12.7. The number of rotatable bonds is 6. The van der Waals surface area contributed by atoms with E-state index in [9.17, 15) is 18.0 Å². The molecule has 0 saturated carbocycles. The first-order valence-corrected chi connectivity index (χ1v) is 6.73. The molecule has 0 N–H and O–H groups in total. The summed E-state index contributed by atoms with van der Waals surface area (Å²) in [5, 5.41) is 1.79. The van der Waals surface area contributed by atoms with Crippen molar-refractivity contribution in [3.05, 3.63) is 46.4 Å². The third kappa shape index (κ3) is 4.45. The highest BCUT2D eigenvalue weighted by Gasteiger charge is 2.31. The van der Waals surface area contributed by atoms with Gasteiger partial charge in [-0.3, -0.25) is 4.79 Å². The van der Waals surface area contributed by atoms with Gasteiger partial charge in [0.1, 0.15) is 12.4 Å². The smallest absolute Gasteiger partial charge is 0.467 e. The highest BCUT2D eigenvalue weighted by molar-refractivity contribution is 7.07. The van der Waals surface area contributed by atoms with E-state index >= 15 is 0 Å². The zero-order valence-corrected chi connectivity index (χ0v) is 11.4. The summed E-state index contributed by atoms with van der Waals surface area (Å²) in [6.45, 7) is 0.382. The number of ether oxygens (including phenoxy) is 2. The molecular weight excluding hydrogens is 307 g/mol. The van der Waals surface area contributed by atoms with Crippen molar-refractivity contribution in [3.63, 3.8) is 0 Å². The summed E-state index contributed by atoms with van der Waals surface area (Å²) in [7, 11) is 0. The van der Waals surface area contributed by atoms with Gasteiger partial charge < -0.3 is 9.47 Å². The molecule has 112 valence electrons. The first-order valence-electron chi connectivity index (χ1n) is 5.78. The first-order chi connectivity index (χ1) is 9.99. The van der Waals surface area contributed by atoms with Crippen molar-refractivity contribution < 1.29 is 27.4 Å². The second kappa shape index (κ2) is 6.57. The quantitative estimate of drug-likeness (QED) is 0.767. The number of carbonyl (C=O) groups excluding carboxylic acids is 1. The molecule has 2 rings (SSSR count). The fourth-order valence-corrected chi connectivity index (χ4v) is 2.39. The van der Waals surface area contributed by atoms with E-state index in [-0.39, 0.29) is 18.3 Å². The predicted octanol–water partition coefficient (Wildman–Crippen LogP) is 3.35. The monoisotopic (exact) mass is 317 g/mol. The molecule has 0 amide bonds. The molecule has 1 aromatic heterocycles.